The molecule has 136 valence electrons. The average Bonchev–Trinajstić information content (AvgIpc) is 3.31. The van der Waals surface area contributed by atoms with Crippen LogP contribution < -0.4 is 0 Å². The van der Waals surface area contributed by atoms with E-state index < -0.39 is 0 Å². The fourth-order valence-corrected chi connectivity index (χ4v) is 4.12. The van der Waals surface area contributed by atoms with Gasteiger partial charge in [0.2, 0.25) is 5.89 Å². The zero-order valence-electron chi connectivity index (χ0n) is 15.1. The molecule has 0 saturated carbocycles. The van der Waals surface area contributed by atoms with Gasteiger partial charge in [0.25, 0.3) is 5.91 Å². The topological polar surface area (TPSA) is 72.4 Å². The largest absolute Gasteiger partial charge is 0.456 e. The molecule has 6 nitrogen and oxygen atoms in total. The van der Waals surface area contributed by atoms with Crippen molar-refractivity contribution in [2.45, 2.75) is 51.7 Å². The summed E-state index contributed by atoms with van der Waals surface area (Å²) in [7, 11) is 0. The summed E-state index contributed by atoms with van der Waals surface area (Å²) in [6, 6.07) is 1.90. The maximum atomic E-state index is 12.7. The summed E-state index contributed by atoms with van der Waals surface area (Å²) in [4.78, 5) is 18.8. The molecule has 3 heterocycles. The highest BCUT2D eigenvalue weighted by Gasteiger charge is 2.32. The maximum absolute atomic E-state index is 12.7. The molecule has 2 aromatic rings. The Morgan fingerprint density at radius 1 is 1.44 bits per heavy atom. The molecule has 3 rings (SSSR count). The molecule has 25 heavy (non-hydrogen) atoms. The van der Waals surface area contributed by atoms with E-state index in [0.29, 0.717) is 30.6 Å². The lowest BCUT2D eigenvalue weighted by Gasteiger charge is -2.13. The molecule has 2 aromatic heterocycles. The monoisotopic (exact) mass is 363 g/mol. The molecule has 0 radical (unpaired) electrons. The van der Waals surface area contributed by atoms with Crippen LogP contribution in [0.25, 0.3) is 0 Å². The number of carbonyl (C=O) groups is 1. The fourth-order valence-electron chi connectivity index (χ4n) is 2.98. The number of aryl methyl sites for hydroxylation is 2. The van der Waals surface area contributed by atoms with Crippen LogP contribution in [0.4, 0.5) is 0 Å². The average molecular weight is 363 g/mol. The van der Waals surface area contributed by atoms with Crippen molar-refractivity contribution >= 4 is 17.7 Å². The summed E-state index contributed by atoms with van der Waals surface area (Å²) < 4.78 is 11.0. The first kappa shape index (κ1) is 18.0. The second kappa shape index (κ2) is 8.08. The molecule has 1 saturated heterocycles. The van der Waals surface area contributed by atoms with Crippen molar-refractivity contribution in [3.63, 3.8) is 0 Å². The van der Waals surface area contributed by atoms with Crippen molar-refractivity contribution in [3.8, 4) is 0 Å². The van der Waals surface area contributed by atoms with Gasteiger partial charge in [-0.05, 0) is 38.5 Å². The lowest BCUT2D eigenvalue weighted by Crippen LogP contribution is -2.28. The van der Waals surface area contributed by atoms with E-state index in [1.165, 1.54) is 12.8 Å². The van der Waals surface area contributed by atoms with Crippen molar-refractivity contribution in [1.82, 2.24) is 15.0 Å². The highest BCUT2D eigenvalue weighted by molar-refractivity contribution is 7.98. The number of aromatic nitrogens is 2. The Kier molecular flexibility index (Phi) is 5.83. The maximum Gasteiger partial charge on any atom is 0.289 e. The van der Waals surface area contributed by atoms with Crippen LogP contribution in [0, 0.1) is 13.8 Å². The zero-order valence-corrected chi connectivity index (χ0v) is 15.9. The molecule has 0 N–H and O–H groups in total. The number of rotatable bonds is 7. The molecule has 0 unspecified atom stereocenters. The number of unbranched alkanes of at least 4 members (excludes halogenated alkanes) is 1. The second-order valence-corrected chi connectivity index (χ2v) is 7.62. The number of furan rings is 1. The van der Waals surface area contributed by atoms with Gasteiger partial charge in [-0.2, -0.15) is 16.7 Å². The van der Waals surface area contributed by atoms with Crippen molar-refractivity contribution in [3.05, 3.63) is 34.9 Å². The van der Waals surface area contributed by atoms with Gasteiger partial charge in [0.15, 0.2) is 11.6 Å². The van der Waals surface area contributed by atoms with E-state index >= 15 is 0 Å². The highest BCUT2D eigenvalue weighted by atomic mass is 32.2. The lowest BCUT2D eigenvalue weighted by molar-refractivity contribution is 0.0756. The molecule has 1 fully saturated rings. The highest BCUT2D eigenvalue weighted by Crippen LogP contribution is 2.28. The van der Waals surface area contributed by atoms with E-state index in [2.05, 4.69) is 17.1 Å². The van der Waals surface area contributed by atoms with Gasteiger partial charge in [0, 0.05) is 24.4 Å². The second-order valence-electron chi connectivity index (χ2n) is 6.51. The van der Waals surface area contributed by atoms with Gasteiger partial charge < -0.3 is 13.8 Å². The number of thioether (sulfide) groups is 1. The van der Waals surface area contributed by atoms with Gasteiger partial charge in [-0.15, -0.1) is 0 Å². The summed E-state index contributed by atoms with van der Waals surface area (Å²) in [6.45, 7) is 7.21. The molecule has 1 aliphatic heterocycles. The van der Waals surface area contributed by atoms with Crippen LogP contribution in [0.5, 0.6) is 0 Å². The molecule has 0 bridgehead atoms. The van der Waals surface area contributed by atoms with Gasteiger partial charge in [-0.25, -0.2) is 0 Å². The van der Waals surface area contributed by atoms with E-state index in [9.17, 15) is 4.79 Å². The third kappa shape index (κ3) is 4.26. The van der Waals surface area contributed by atoms with Crippen LogP contribution >= 0.6 is 11.8 Å². The van der Waals surface area contributed by atoms with Crippen LogP contribution in [0.3, 0.4) is 0 Å². The number of hydrogen-bond donors (Lipinski definition) is 0. The van der Waals surface area contributed by atoms with Crippen molar-refractivity contribution in [1.29, 1.82) is 0 Å². The molecule has 1 amide bonds. The van der Waals surface area contributed by atoms with E-state index in [1.54, 1.807) is 6.92 Å². The van der Waals surface area contributed by atoms with Gasteiger partial charge >= 0.3 is 0 Å². The summed E-state index contributed by atoms with van der Waals surface area (Å²) >= 11 is 1.89. The minimum Gasteiger partial charge on any atom is -0.456 e. The Bertz CT molecular complexity index is 725. The Morgan fingerprint density at radius 3 is 3.00 bits per heavy atom. The quantitative estimate of drug-likeness (QED) is 0.694. The molecular weight excluding hydrogens is 338 g/mol. The molecule has 7 heteroatoms. The third-order valence-corrected chi connectivity index (χ3v) is 5.59. The van der Waals surface area contributed by atoms with Gasteiger partial charge in [-0.3, -0.25) is 4.79 Å². The van der Waals surface area contributed by atoms with Crippen LogP contribution in [-0.2, 0) is 5.75 Å². The van der Waals surface area contributed by atoms with Gasteiger partial charge in [0.1, 0.15) is 5.76 Å². The first-order valence-electron chi connectivity index (χ1n) is 8.85. The first-order valence-corrected chi connectivity index (χ1v) is 10.0. The zero-order chi connectivity index (χ0) is 17.8. The van der Waals surface area contributed by atoms with E-state index in [-0.39, 0.29) is 11.8 Å². The molecule has 0 aromatic carbocycles. The Balaban J connectivity index is 1.60. The van der Waals surface area contributed by atoms with Crippen LogP contribution in [0.2, 0.25) is 0 Å². The molecule has 1 aliphatic rings. The molecule has 1 atom stereocenters. The van der Waals surface area contributed by atoms with Crippen LogP contribution in [0.15, 0.2) is 15.0 Å². The Hall–Kier alpha value is -1.76. The number of carbonyl (C=O) groups excluding carboxylic acids is 1. The Morgan fingerprint density at radius 2 is 2.28 bits per heavy atom. The number of hydrogen-bond acceptors (Lipinski definition) is 6. The lowest BCUT2D eigenvalue weighted by atomic mass is 10.1. The summed E-state index contributed by atoms with van der Waals surface area (Å²) in [5.74, 6) is 4.63. The van der Waals surface area contributed by atoms with Gasteiger partial charge in [-0.1, -0.05) is 18.5 Å². The van der Waals surface area contributed by atoms with E-state index in [1.807, 2.05) is 29.7 Å². The predicted molar refractivity (Wildman–Crippen MR) is 96.8 cm³/mol. The molecule has 0 aliphatic carbocycles. The Labute approximate surface area is 152 Å². The first-order chi connectivity index (χ1) is 12.1. The predicted octanol–water partition coefficient (Wildman–Crippen LogP) is 3.94. The van der Waals surface area contributed by atoms with E-state index in [0.717, 1.165) is 29.3 Å². The smallest absolute Gasteiger partial charge is 0.289 e. The number of nitrogens with zero attached hydrogens (tertiary/aromatic N) is 3. The fraction of sp³-hybridized carbons (Fsp3) is 0.611. The summed E-state index contributed by atoms with van der Waals surface area (Å²) in [5, 5.41) is 3.84. The van der Waals surface area contributed by atoms with Crippen LogP contribution in [-0.4, -0.2) is 39.8 Å². The summed E-state index contributed by atoms with van der Waals surface area (Å²) in [5.41, 5.74) is 1.12. The SMILES string of the molecule is CCCCSCc1cc(C(=O)N2CC[C@@H](c3nc(C)no3)C2)oc1C. The van der Waals surface area contributed by atoms with E-state index in [4.69, 9.17) is 8.94 Å². The normalized spacial score (nSPS) is 17.4. The minimum atomic E-state index is -0.0494. The van der Waals surface area contributed by atoms with Crippen LogP contribution in [0.1, 0.15) is 65.7 Å². The standard InChI is InChI=1S/C18H25N3O3S/c1-4-5-8-25-11-15-9-16(23-12(15)2)18(22)21-7-6-14(10-21)17-19-13(3)20-24-17/h9,14H,4-8,10-11H2,1-3H3/t14-/m1/s1. The molecular formula is C18H25N3O3S. The third-order valence-electron chi connectivity index (χ3n) is 4.50. The van der Waals surface area contributed by atoms with Gasteiger partial charge in [0.05, 0.1) is 5.92 Å². The van der Waals surface area contributed by atoms with Crippen molar-refractivity contribution in [2.75, 3.05) is 18.8 Å². The summed E-state index contributed by atoms with van der Waals surface area (Å²) in [6.07, 6.45) is 3.27. The molecule has 0 spiro atoms. The minimum absolute atomic E-state index is 0.0494. The number of amides is 1. The van der Waals surface area contributed by atoms with Crippen molar-refractivity contribution in [2.24, 2.45) is 0 Å². The van der Waals surface area contributed by atoms with Crippen molar-refractivity contribution < 1.29 is 13.7 Å². The number of likely N-dealkylation sites (tertiary alicyclic amines) is 1.